The summed E-state index contributed by atoms with van der Waals surface area (Å²) in [6.45, 7) is 2.01. The summed E-state index contributed by atoms with van der Waals surface area (Å²) in [6, 6.07) is 14.6. The second-order valence-electron chi connectivity index (χ2n) is 5.69. The van der Waals surface area contributed by atoms with Gasteiger partial charge in [-0.15, -0.1) is 10.2 Å². The van der Waals surface area contributed by atoms with Gasteiger partial charge in [0.15, 0.2) is 4.34 Å². The molecule has 0 aliphatic carbocycles. The standard InChI is InChI=1S/C19H18N4O3S2/c1-12-7-3-5-9-14(12)21-18-22-23-19(28-18)27-11-16(24)20-15-10-6-4-8-13(15)17(25)26-2/h3-10H,11H2,1-2H3,(H,20,24)(H,21,22). The predicted octanol–water partition coefficient (Wildman–Crippen LogP) is 4.11. The van der Waals surface area contributed by atoms with Crippen LogP contribution in [-0.4, -0.2) is 34.9 Å². The number of anilines is 3. The number of hydrogen-bond donors (Lipinski definition) is 2. The lowest BCUT2D eigenvalue weighted by atomic mass is 10.2. The fourth-order valence-corrected chi connectivity index (χ4v) is 3.90. The number of hydrogen-bond acceptors (Lipinski definition) is 8. The summed E-state index contributed by atoms with van der Waals surface area (Å²) >= 11 is 2.65. The lowest BCUT2D eigenvalue weighted by Gasteiger charge is -2.08. The van der Waals surface area contributed by atoms with Crippen LogP contribution in [0.1, 0.15) is 15.9 Å². The summed E-state index contributed by atoms with van der Waals surface area (Å²) in [6.07, 6.45) is 0. The van der Waals surface area contributed by atoms with Gasteiger partial charge in [-0.2, -0.15) is 0 Å². The molecule has 0 spiro atoms. The number of nitrogens with zero attached hydrogens (tertiary/aromatic N) is 2. The zero-order valence-corrected chi connectivity index (χ0v) is 16.9. The Hall–Kier alpha value is -2.91. The highest BCUT2D eigenvalue weighted by Crippen LogP contribution is 2.28. The summed E-state index contributed by atoms with van der Waals surface area (Å²) in [5.41, 5.74) is 2.80. The lowest BCUT2D eigenvalue weighted by molar-refractivity contribution is -0.113. The Morgan fingerprint density at radius 2 is 1.79 bits per heavy atom. The smallest absolute Gasteiger partial charge is 0.339 e. The summed E-state index contributed by atoms with van der Waals surface area (Å²) in [4.78, 5) is 24.0. The Labute approximate surface area is 170 Å². The third kappa shape index (κ3) is 5.08. The zero-order chi connectivity index (χ0) is 19.9. The van der Waals surface area contributed by atoms with Gasteiger partial charge in [0.25, 0.3) is 0 Å². The Morgan fingerprint density at radius 3 is 2.54 bits per heavy atom. The molecule has 7 nitrogen and oxygen atoms in total. The number of nitrogens with one attached hydrogen (secondary N) is 2. The van der Waals surface area contributed by atoms with Gasteiger partial charge in [0.05, 0.1) is 24.1 Å². The number of benzene rings is 2. The maximum Gasteiger partial charge on any atom is 0.339 e. The van der Waals surface area contributed by atoms with Gasteiger partial charge >= 0.3 is 5.97 Å². The summed E-state index contributed by atoms with van der Waals surface area (Å²) in [5, 5.41) is 14.8. The van der Waals surface area contributed by atoms with Gasteiger partial charge in [-0.05, 0) is 30.7 Å². The van der Waals surface area contributed by atoms with Crippen molar-refractivity contribution in [2.24, 2.45) is 0 Å². The predicted molar refractivity (Wildman–Crippen MR) is 112 cm³/mol. The molecule has 2 aromatic carbocycles. The Morgan fingerprint density at radius 1 is 1.07 bits per heavy atom. The number of methoxy groups -OCH3 is 1. The molecule has 0 saturated heterocycles. The summed E-state index contributed by atoms with van der Waals surface area (Å²) < 4.78 is 5.40. The number of carbonyl (C=O) groups excluding carboxylic acids is 2. The lowest BCUT2D eigenvalue weighted by Crippen LogP contribution is -2.17. The van der Waals surface area contributed by atoms with Crippen molar-refractivity contribution < 1.29 is 14.3 Å². The van der Waals surface area contributed by atoms with Crippen LogP contribution >= 0.6 is 23.1 Å². The number of aryl methyl sites for hydroxylation is 1. The maximum atomic E-state index is 12.2. The van der Waals surface area contributed by atoms with E-state index in [1.807, 2.05) is 31.2 Å². The van der Waals surface area contributed by atoms with Crippen molar-refractivity contribution in [1.82, 2.24) is 10.2 Å². The number of thioether (sulfide) groups is 1. The molecule has 0 atom stereocenters. The van der Waals surface area contributed by atoms with Gasteiger partial charge in [0.2, 0.25) is 11.0 Å². The molecule has 0 saturated carbocycles. The maximum absolute atomic E-state index is 12.2. The molecule has 0 fully saturated rings. The van der Waals surface area contributed by atoms with Gasteiger partial charge in [-0.1, -0.05) is 53.4 Å². The van der Waals surface area contributed by atoms with E-state index in [2.05, 4.69) is 20.8 Å². The van der Waals surface area contributed by atoms with E-state index in [4.69, 9.17) is 4.74 Å². The summed E-state index contributed by atoms with van der Waals surface area (Å²) in [7, 11) is 1.30. The van der Waals surface area contributed by atoms with E-state index < -0.39 is 5.97 Å². The van der Waals surface area contributed by atoms with Crippen molar-refractivity contribution in [2.75, 3.05) is 23.5 Å². The monoisotopic (exact) mass is 414 g/mol. The minimum absolute atomic E-state index is 0.147. The minimum atomic E-state index is -0.500. The van der Waals surface area contributed by atoms with Gasteiger partial charge in [0, 0.05) is 5.69 Å². The molecular formula is C19H18N4O3S2. The van der Waals surface area contributed by atoms with Crippen molar-refractivity contribution in [3.05, 3.63) is 59.7 Å². The van der Waals surface area contributed by atoms with E-state index in [1.54, 1.807) is 24.3 Å². The molecule has 1 heterocycles. The van der Waals surface area contributed by atoms with E-state index in [0.717, 1.165) is 11.3 Å². The first-order chi connectivity index (χ1) is 13.6. The quantitative estimate of drug-likeness (QED) is 0.444. The second-order valence-corrected chi connectivity index (χ2v) is 7.89. The normalized spacial score (nSPS) is 10.4. The van der Waals surface area contributed by atoms with Crippen LogP contribution in [0.3, 0.4) is 0 Å². The Bertz CT molecular complexity index is 991. The van der Waals surface area contributed by atoms with E-state index in [9.17, 15) is 9.59 Å². The molecule has 0 aliphatic heterocycles. The molecule has 2 N–H and O–H groups in total. The molecule has 3 aromatic rings. The van der Waals surface area contributed by atoms with Crippen molar-refractivity contribution in [3.63, 3.8) is 0 Å². The fraction of sp³-hybridized carbons (Fsp3) is 0.158. The minimum Gasteiger partial charge on any atom is -0.465 e. The van der Waals surface area contributed by atoms with Crippen molar-refractivity contribution in [2.45, 2.75) is 11.3 Å². The number of para-hydroxylation sites is 2. The first-order valence-corrected chi connectivity index (χ1v) is 10.1. The molecular weight excluding hydrogens is 396 g/mol. The number of esters is 1. The average molecular weight is 415 g/mol. The van der Waals surface area contributed by atoms with Crippen LogP contribution in [0.25, 0.3) is 0 Å². The van der Waals surface area contributed by atoms with Crippen LogP contribution in [-0.2, 0) is 9.53 Å². The molecule has 144 valence electrons. The number of rotatable bonds is 7. The third-order valence-corrected chi connectivity index (χ3v) is 5.70. The van der Waals surface area contributed by atoms with E-state index >= 15 is 0 Å². The van der Waals surface area contributed by atoms with Crippen LogP contribution < -0.4 is 10.6 Å². The number of aromatic nitrogens is 2. The molecule has 0 bridgehead atoms. The molecule has 3 rings (SSSR count). The van der Waals surface area contributed by atoms with Gasteiger partial charge in [-0.3, -0.25) is 4.79 Å². The molecule has 0 aliphatic rings. The molecule has 0 unspecified atom stereocenters. The summed E-state index contributed by atoms with van der Waals surface area (Å²) in [5.74, 6) is -0.598. The fourth-order valence-electron chi connectivity index (χ4n) is 2.34. The van der Waals surface area contributed by atoms with Crippen LogP contribution in [0.5, 0.6) is 0 Å². The van der Waals surface area contributed by atoms with Crippen LogP contribution in [0, 0.1) is 6.92 Å². The van der Waals surface area contributed by atoms with Crippen molar-refractivity contribution in [1.29, 1.82) is 0 Å². The van der Waals surface area contributed by atoms with Crippen LogP contribution in [0.4, 0.5) is 16.5 Å². The molecule has 1 aromatic heterocycles. The largest absolute Gasteiger partial charge is 0.465 e. The first kappa shape index (κ1) is 19.8. The molecule has 0 radical (unpaired) electrons. The molecule has 28 heavy (non-hydrogen) atoms. The van der Waals surface area contributed by atoms with Crippen LogP contribution in [0.15, 0.2) is 52.9 Å². The highest BCUT2D eigenvalue weighted by Gasteiger charge is 2.14. The van der Waals surface area contributed by atoms with E-state index in [0.29, 0.717) is 20.7 Å². The average Bonchev–Trinajstić information content (AvgIpc) is 3.15. The van der Waals surface area contributed by atoms with Crippen molar-refractivity contribution >= 4 is 51.5 Å². The van der Waals surface area contributed by atoms with Gasteiger partial charge < -0.3 is 15.4 Å². The molecule has 9 heteroatoms. The SMILES string of the molecule is COC(=O)c1ccccc1NC(=O)CSc1nnc(Nc2ccccc2C)s1. The Balaban J connectivity index is 1.57. The highest BCUT2D eigenvalue weighted by molar-refractivity contribution is 8.01. The number of amides is 1. The Kier molecular flexibility index (Phi) is 6.62. The topological polar surface area (TPSA) is 93.2 Å². The van der Waals surface area contributed by atoms with Crippen molar-refractivity contribution in [3.8, 4) is 0 Å². The highest BCUT2D eigenvalue weighted by atomic mass is 32.2. The number of carbonyl (C=O) groups is 2. The van der Waals surface area contributed by atoms with Gasteiger partial charge in [0.1, 0.15) is 0 Å². The van der Waals surface area contributed by atoms with E-state index in [-0.39, 0.29) is 11.7 Å². The van der Waals surface area contributed by atoms with E-state index in [1.165, 1.54) is 30.2 Å². The number of ether oxygens (including phenoxy) is 1. The third-order valence-electron chi connectivity index (χ3n) is 3.73. The second kappa shape index (κ2) is 9.34. The zero-order valence-electron chi connectivity index (χ0n) is 15.3. The first-order valence-electron chi connectivity index (χ1n) is 8.33. The van der Waals surface area contributed by atoms with Gasteiger partial charge in [-0.25, -0.2) is 4.79 Å². The van der Waals surface area contributed by atoms with Crippen LogP contribution in [0.2, 0.25) is 0 Å². The molecule has 1 amide bonds.